The SMILES string of the molecule is Cc1onc(-c2ccccc2)c1-c1ccc(C(=O)NCCCCC(=O)O)cc1. The lowest BCUT2D eigenvalue weighted by Crippen LogP contribution is -2.24. The molecule has 3 aromatic rings. The van der Waals surface area contributed by atoms with Gasteiger partial charge in [-0.05, 0) is 37.5 Å². The fraction of sp³-hybridized carbons (Fsp3) is 0.227. The molecule has 0 atom stereocenters. The van der Waals surface area contributed by atoms with Gasteiger partial charge in [0.25, 0.3) is 5.91 Å². The van der Waals surface area contributed by atoms with Crippen LogP contribution in [-0.2, 0) is 4.79 Å². The molecule has 0 aliphatic heterocycles. The number of aliphatic carboxylic acids is 1. The zero-order valence-electron chi connectivity index (χ0n) is 15.6. The number of unbranched alkanes of at least 4 members (excludes halogenated alkanes) is 1. The van der Waals surface area contributed by atoms with E-state index < -0.39 is 5.97 Å². The first-order valence-corrected chi connectivity index (χ1v) is 9.18. The minimum Gasteiger partial charge on any atom is -0.481 e. The third-order valence-corrected chi connectivity index (χ3v) is 4.45. The number of hydrogen-bond donors (Lipinski definition) is 2. The van der Waals surface area contributed by atoms with Gasteiger partial charge in [0.15, 0.2) is 0 Å². The number of aromatic nitrogens is 1. The number of carboxylic acid groups (broad SMARTS) is 1. The summed E-state index contributed by atoms with van der Waals surface area (Å²) < 4.78 is 5.40. The van der Waals surface area contributed by atoms with Crippen LogP contribution in [0.15, 0.2) is 59.1 Å². The molecule has 6 heteroatoms. The highest BCUT2D eigenvalue weighted by Crippen LogP contribution is 2.34. The van der Waals surface area contributed by atoms with Crippen molar-refractivity contribution in [3.8, 4) is 22.4 Å². The number of amides is 1. The standard InChI is InChI=1S/C22H22N2O4/c1-15-20(21(24-28-15)17-7-3-2-4-8-17)16-10-12-18(13-11-16)22(27)23-14-6-5-9-19(25)26/h2-4,7-8,10-13H,5-6,9,14H2,1H3,(H,23,27)(H,25,26). The van der Waals surface area contributed by atoms with Crippen molar-refractivity contribution in [1.82, 2.24) is 10.5 Å². The van der Waals surface area contributed by atoms with Crippen LogP contribution in [0.25, 0.3) is 22.4 Å². The number of carboxylic acids is 1. The van der Waals surface area contributed by atoms with Gasteiger partial charge in [-0.15, -0.1) is 0 Å². The van der Waals surface area contributed by atoms with Gasteiger partial charge in [0, 0.05) is 24.1 Å². The molecule has 1 aromatic heterocycles. The van der Waals surface area contributed by atoms with Gasteiger partial charge in [-0.2, -0.15) is 0 Å². The molecule has 0 aliphatic rings. The lowest BCUT2D eigenvalue weighted by Gasteiger charge is -2.07. The molecule has 144 valence electrons. The monoisotopic (exact) mass is 378 g/mol. The maximum Gasteiger partial charge on any atom is 0.303 e. The van der Waals surface area contributed by atoms with Gasteiger partial charge in [0.2, 0.25) is 0 Å². The maximum atomic E-state index is 12.2. The Morgan fingerprint density at radius 3 is 2.39 bits per heavy atom. The molecule has 0 unspecified atom stereocenters. The smallest absolute Gasteiger partial charge is 0.303 e. The Hall–Kier alpha value is -3.41. The second kappa shape index (κ2) is 8.99. The number of aryl methyl sites for hydroxylation is 1. The molecule has 1 heterocycles. The Labute approximate surface area is 163 Å². The summed E-state index contributed by atoms with van der Waals surface area (Å²) in [5, 5.41) is 15.6. The molecule has 2 aromatic carbocycles. The summed E-state index contributed by atoms with van der Waals surface area (Å²) in [6.07, 6.45) is 1.30. The third-order valence-electron chi connectivity index (χ3n) is 4.45. The summed E-state index contributed by atoms with van der Waals surface area (Å²) in [4.78, 5) is 22.7. The summed E-state index contributed by atoms with van der Waals surface area (Å²) in [6.45, 7) is 2.32. The summed E-state index contributed by atoms with van der Waals surface area (Å²) in [6, 6.07) is 17.1. The first-order chi connectivity index (χ1) is 13.6. The first kappa shape index (κ1) is 19.4. The number of carbonyl (C=O) groups excluding carboxylic acids is 1. The van der Waals surface area contributed by atoms with Gasteiger partial charge in [-0.1, -0.05) is 47.6 Å². The molecule has 0 radical (unpaired) electrons. The molecule has 0 aliphatic carbocycles. The van der Waals surface area contributed by atoms with Gasteiger partial charge in [0.05, 0.1) is 5.56 Å². The fourth-order valence-corrected chi connectivity index (χ4v) is 3.00. The van der Waals surface area contributed by atoms with Gasteiger partial charge in [0.1, 0.15) is 11.5 Å². The Bertz CT molecular complexity index is 946. The van der Waals surface area contributed by atoms with Crippen LogP contribution in [0.2, 0.25) is 0 Å². The second-order valence-corrected chi connectivity index (χ2v) is 6.51. The molecule has 3 rings (SSSR count). The quantitative estimate of drug-likeness (QED) is 0.570. The van der Waals surface area contributed by atoms with Crippen LogP contribution in [0.1, 0.15) is 35.4 Å². The first-order valence-electron chi connectivity index (χ1n) is 9.18. The predicted molar refractivity (Wildman–Crippen MR) is 106 cm³/mol. The van der Waals surface area contributed by atoms with Crippen molar-refractivity contribution in [2.24, 2.45) is 0 Å². The minimum absolute atomic E-state index is 0.117. The Balaban J connectivity index is 1.69. The molecule has 0 spiro atoms. The maximum absolute atomic E-state index is 12.2. The van der Waals surface area contributed by atoms with E-state index in [9.17, 15) is 9.59 Å². The Morgan fingerprint density at radius 2 is 1.71 bits per heavy atom. The number of carbonyl (C=O) groups is 2. The van der Waals surface area contributed by atoms with Crippen molar-refractivity contribution in [3.05, 3.63) is 65.9 Å². The van der Waals surface area contributed by atoms with Crippen molar-refractivity contribution in [2.45, 2.75) is 26.2 Å². The van der Waals surface area contributed by atoms with Crippen LogP contribution < -0.4 is 5.32 Å². The van der Waals surface area contributed by atoms with E-state index in [2.05, 4.69) is 10.5 Å². The lowest BCUT2D eigenvalue weighted by atomic mass is 9.98. The van der Waals surface area contributed by atoms with Crippen LogP contribution in [0.4, 0.5) is 0 Å². The average Bonchev–Trinajstić information content (AvgIpc) is 3.09. The van der Waals surface area contributed by atoms with Gasteiger partial charge < -0.3 is 14.9 Å². The molecule has 0 fully saturated rings. The average molecular weight is 378 g/mol. The van der Waals surface area contributed by atoms with E-state index in [4.69, 9.17) is 9.63 Å². The minimum atomic E-state index is -0.819. The molecule has 28 heavy (non-hydrogen) atoms. The molecular formula is C22H22N2O4. The number of hydrogen-bond acceptors (Lipinski definition) is 4. The summed E-state index contributed by atoms with van der Waals surface area (Å²) in [5.41, 5.74) is 4.13. The number of benzene rings is 2. The molecule has 0 saturated heterocycles. The van der Waals surface area contributed by atoms with Gasteiger partial charge in [-0.3, -0.25) is 9.59 Å². The van der Waals surface area contributed by atoms with Crippen LogP contribution in [0, 0.1) is 6.92 Å². The molecule has 0 bridgehead atoms. The zero-order chi connectivity index (χ0) is 19.9. The largest absolute Gasteiger partial charge is 0.481 e. The molecule has 6 nitrogen and oxygen atoms in total. The normalized spacial score (nSPS) is 10.6. The van der Waals surface area contributed by atoms with E-state index in [1.165, 1.54) is 0 Å². The highest BCUT2D eigenvalue weighted by atomic mass is 16.5. The van der Waals surface area contributed by atoms with Crippen molar-refractivity contribution in [1.29, 1.82) is 0 Å². The van der Waals surface area contributed by atoms with Crippen molar-refractivity contribution in [2.75, 3.05) is 6.54 Å². The van der Waals surface area contributed by atoms with Crippen molar-refractivity contribution in [3.63, 3.8) is 0 Å². The fourth-order valence-electron chi connectivity index (χ4n) is 3.00. The lowest BCUT2D eigenvalue weighted by molar-refractivity contribution is -0.137. The van der Waals surface area contributed by atoms with E-state index in [1.807, 2.05) is 49.4 Å². The van der Waals surface area contributed by atoms with Crippen LogP contribution in [0.5, 0.6) is 0 Å². The van der Waals surface area contributed by atoms with E-state index in [-0.39, 0.29) is 12.3 Å². The van der Waals surface area contributed by atoms with Crippen LogP contribution in [-0.4, -0.2) is 28.7 Å². The Kier molecular flexibility index (Phi) is 6.22. The van der Waals surface area contributed by atoms with Crippen LogP contribution in [0.3, 0.4) is 0 Å². The van der Waals surface area contributed by atoms with E-state index in [0.29, 0.717) is 24.9 Å². The Morgan fingerprint density at radius 1 is 1.00 bits per heavy atom. The van der Waals surface area contributed by atoms with Crippen LogP contribution >= 0.6 is 0 Å². The predicted octanol–water partition coefficient (Wildman–Crippen LogP) is 4.30. The second-order valence-electron chi connectivity index (χ2n) is 6.51. The van der Waals surface area contributed by atoms with Gasteiger partial charge >= 0.3 is 5.97 Å². The van der Waals surface area contributed by atoms with Gasteiger partial charge in [-0.25, -0.2) is 0 Å². The molecule has 0 saturated carbocycles. The topological polar surface area (TPSA) is 92.4 Å². The number of rotatable bonds is 8. The third kappa shape index (κ3) is 4.65. The van der Waals surface area contributed by atoms with E-state index in [1.54, 1.807) is 12.1 Å². The summed E-state index contributed by atoms with van der Waals surface area (Å²) in [7, 11) is 0. The zero-order valence-corrected chi connectivity index (χ0v) is 15.6. The van der Waals surface area contributed by atoms with E-state index in [0.717, 1.165) is 28.1 Å². The highest BCUT2D eigenvalue weighted by Gasteiger charge is 2.17. The molecule has 2 N–H and O–H groups in total. The molecular weight excluding hydrogens is 356 g/mol. The summed E-state index contributed by atoms with van der Waals surface area (Å²) in [5.74, 6) is -0.275. The number of nitrogens with one attached hydrogen (secondary N) is 1. The summed E-state index contributed by atoms with van der Waals surface area (Å²) >= 11 is 0. The highest BCUT2D eigenvalue weighted by molar-refractivity contribution is 5.95. The molecule has 1 amide bonds. The van der Waals surface area contributed by atoms with Crippen molar-refractivity contribution < 1.29 is 19.2 Å². The van der Waals surface area contributed by atoms with E-state index >= 15 is 0 Å². The number of nitrogens with zero attached hydrogens (tertiary/aromatic N) is 1. The van der Waals surface area contributed by atoms with Crippen molar-refractivity contribution >= 4 is 11.9 Å².